The van der Waals surface area contributed by atoms with Crippen molar-refractivity contribution in [2.24, 2.45) is 5.10 Å². The smallest absolute Gasteiger partial charge is 0.276 e. The molecule has 0 aromatic heterocycles. The van der Waals surface area contributed by atoms with Crippen LogP contribution in [0, 0.1) is 0 Å². The Kier molecular flexibility index (Phi) is 5.45. The summed E-state index contributed by atoms with van der Waals surface area (Å²) in [6, 6.07) is 13.3. The topological polar surface area (TPSA) is 60.4 Å². The fourth-order valence-corrected chi connectivity index (χ4v) is 2.92. The van der Waals surface area contributed by atoms with Crippen molar-refractivity contribution in [2.45, 2.75) is 13.5 Å². The van der Waals surface area contributed by atoms with E-state index in [1.165, 1.54) is 5.01 Å². The van der Waals surface area contributed by atoms with Crippen LogP contribution in [0.1, 0.15) is 18.1 Å². The van der Waals surface area contributed by atoms with Gasteiger partial charge in [0.25, 0.3) is 5.91 Å². The van der Waals surface area contributed by atoms with Gasteiger partial charge in [-0.1, -0.05) is 30.3 Å². The summed E-state index contributed by atoms with van der Waals surface area (Å²) >= 11 is 0. The SMILES string of the molecule is COc1cc(OC)c(OC)cc1/C=C1\C(=O)N(Cc2ccccc2)N=C1C. The lowest BCUT2D eigenvalue weighted by Crippen LogP contribution is -2.21. The first-order chi connectivity index (χ1) is 13.1. The number of methoxy groups -OCH3 is 3. The van der Waals surface area contributed by atoms with E-state index in [-0.39, 0.29) is 5.91 Å². The summed E-state index contributed by atoms with van der Waals surface area (Å²) in [4.78, 5) is 12.8. The summed E-state index contributed by atoms with van der Waals surface area (Å²) in [6.07, 6.45) is 1.77. The Hall–Kier alpha value is -3.28. The molecule has 1 aliphatic heterocycles. The zero-order chi connectivity index (χ0) is 19.4. The van der Waals surface area contributed by atoms with Gasteiger partial charge in [0.15, 0.2) is 11.5 Å². The molecular formula is C21H22N2O4. The molecule has 0 saturated heterocycles. The van der Waals surface area contributed by atoms with Crippen LogP contribution < -0.4 is 14.2 Å². The van der Waals surface area contributed by atoms with E-state index in [1.807, 2.05) is 37.3 Å². The molecule has 0 N–H and O–H groups in total. The summed E-state index contributed by atoms with van der Waals surface area (Å²) in [7, 11) is 4.70. The number of hydrazone groups is 1. The highest BCUT2D eigenvalue weighted by atomic mass is 16.5. The quantitative estimate of drug-likeness (QED) is 0.734. The third kappa shape index (κ3) is 3.79. The molecule has 0 atom stereocenters. The molecule has 1 amide bonds. The van der Waals surface area contributed by atoms with Crippen molar-refractivity contribution in [3.8, 4) is 17.2 Å². The monoisotopic (exact) mass is 366 g/mol. The Morgan fingerprint density at radius 1 is 0.963 bits per heavy atom. The van der Waals surface area contributed by atoms with Crippen molar-refractivity contribution >= 4 is 17.7 Å². The summed E-state index contributed by atoms with van der Waals surface area (Å²) in [5.41, 5.74) is 2.92. The Morgan fingerprint density at radius 3 is 2.22 bits per heavy atom. The fourth-order valence-electron chi connectivity index (χ4n) is 2.92. The van der Waals surface area contributed by atoms with E-state index in [4.69, 9.17) is 14.2 Å². The number of hydrogen-bond acceptors (Lipinski definition) is 5. The molecule has 6 nitrogen and oxygen atoms in total. The van der Waals surface area contributed by atoms with Crippen molar-refractivity contribution in [1.29, 1.82) is 0 Å². The van der Waals surface area contributed by atoms with E-state index < -0.39 is 0 Å². The first-order valence-electron chi connectivity index (χ1n) is 8.50. The summed E-state index contributed by atoms with van der Waals surface area (Å²) in [5, 5.41) is 5.89. The number of benzene rings is 2. The zero-order valence-corrected chi connectivity index (χ0v) is 15.9. The molecule has 1 aliphatic rings. The van der Waals surface area contributed by atoms with Crippen LogP contribution in [-0.2, 0) is 11.3 Å². The fraction of sp³-hybridized carbons (Fsp3) is 0.238. The summed E-state index contributed by atoms with van der Waals surface area (Å²) in [6.45, 7) is 2.25. The van der Waals surface area contributed by atoms with Crippen LogP contribution in [0.5, 0.6) is 17.2 Å². The Morgan fingerprint density at radius 2 is 1.59 bits per heavy atom. The maximum atomic E-state index is 12.8. The van der Waals surface area contributed by atoms with Crippen LogP contribution in [0.4, 0.5) is 0 Å². The second kappa shape index (κ2) is 7.95. The van der Waals surface area contributed by atoms with Gasteiger partial charge in [0, 0.05) is 11.6 Å². The molecule has 140 valence electrons. The number of carbonyl (C=O) groups excluding carboxylic acids is 1. The molecule has 0 bridgehead atoms. The van der Waals surface area contributed by atoms with Gasteiger partial charge < -0.3 is 14.2 Å². The average molecular weight is 366 g/mol. The van der Waals surface area contributed by atoms with Gasteiger partial charge in [-0.25, -0.2) is 5.01 Å². The molecule has 0 spiro atoms. The molecule has 2 aromatic carbocycles. The molecule has 1 heterocycles. The van der Waals surface area contributed by atoms with Gasteiger partial charge in [-0.15, -0.1) is 0 Å². The molecule has 6 heteroatoms. The minimum absolute atomic E-state index is 0.145. The van der Waals surface area contributed by atoms with Crippen LogP contribution in [-0.4, -0.2) is 38.0 Å². The van der Waals surface area contributed by atoms with E-state index in [9.17, 15) is 4.79 Å². The summed E-state index contributed by atoms with van der Waals surface area (Å²) in [5.74, 6) is 1.56. The lowest BCUT2D eigenvalue weighted by molar-refractivity contribution is -0.126. The highest BCUT2D eigenvalue weighted by Crippen LogP contribution is 2.36. The number of hydrogen-bond donors (Lipinski definition) is 0. The van der Waals surface area contributed by atoms with Crippen molar-refractivity contribution in [2.75, 3.05) is 21.3 Å². The van der Waals surface area contributed by atoms with Gasteiger partial charge in [-0.2, -0.15) is 5.10 Å². The second-order valence-corrected chi connectivity index (χ2v) is 6.04. The van der Waals surface area contributed by atoms with Crippen LogP contribution in [0.2, 0.25) is 0 Å². The van der Waals surface area contributed by atoms with E-state index >= 15 is 0 Å². The molecular weight excluding hydrogens is 344 g/mol. The van der Waals surface area contributed by atoms with E-state index in [0.29, 0.717) is 35.1 Å². The van der Waals surface area contributed by atoms with Crippen molar-refractivity contribution < 1.29 is 19.0 Å². The van der Waals surface area contributed by atoms with Gasteiger partial charge >= 0.3 is 0 Å². The third-order valence-electron chi connectivity index (χ3n) is 4.34. The molecule has 2 aromatic rings. The lowest BCUT2D eigenvalue weighted by atomic mass is 10.1. The van der Waals surface area contributed by atoms with Gasteiger partial charge in [0.1, 0.15) is 5.75 Å². The predicted molar refractivity (Wildman–Crippen MR) is 104 cm³/mol. The molecule has 3 rings (SSSR count). The number of amides is 1. The molecule has 27 heavy (non-hydrogen) atoms. The molecule has 0 radical (unpaired) electrons. The van der Waals surface area contributed by atoms with Crippen molar-refractivity contribution in [1.82, 2.24) is 5.01 Å². The van der Waals surface area contributed by atoms with Crippen LogP contribution in [0.15, 0.2) is 53.1 Å². The first kappa shape index (κ1) is 18.5. The van der Waals surface area contributed by atoms with Crippen LogP contribution in [0.25, 0.3) is 6.08 Å². The maximum absolute atomic E-state index is 12.8. The number of nitrogens with zero attached hydrogens (tertiary/aromatic N) is 2. The number of carbonyl (C=O) groups is 1. The number of rotatable bonds is 6. The zero-order valence-electron chi connectivity index (χ0n) is 15.9. The standard InChI is InChI=1S/C21H22N2O4/c1-14-17(21(24)23(22-14)13-15-8-6-5-7-9-15)10-16-11-19(26-3)20(27-4)12-18(16)25-2/h5-12H,13H2,1-4H3/b17-10-. The van der Waals surface area contributed by atoms with E-state index in [2.05, 4.69) is 5.10 Å². The Bertz CT molecular complexity index is 904. The molecule has 0 aliphatic carbocycles. The van der Waals surface area contributed by atoms with Crippen LogP contribution in [0.3, 0.4) is 0 Å². The third-order valence-corrected chi connectivity index (χ3v) is 4.34. The number of ether oxygens (including phenoxy) is 3. The normalized spacial score (nSPS) is 15.1. The predicted octanol–water partition coefficient (Wildman–Crippen LogP) is 3.51. The highest BCUT2D eigenvalue weighted by molar-refractivity contribution is 6.26. The van der Waals surface area contributed by atoms with Gasteiger partial charge in [0.05, 0.1) is 39.2 Å². The van der Waals surface area contributed by atoms with Crippen LogP contribution >= 0.6 is 0 Å². The first-order valence-corrected chi connectivity index (χ1v) is 8.50. The Balaban J connectivity index is 1.93. The molecule has 0 saturated carbocycles. The maximum Gasteiger partial charge on any atom is 0.276 e. The van der Waals surface area contributed by atoms with Gasteiger partial charge in [-0.05, 0) is 24.6 Å². The average Bonchev–Trinajstić information content (AvgIpc) is 2.95. The minimum atomic E-state index is -0.145. The van der Waals surface area contributed by atoms with Gasteiger partial charge in [-0.3, -0.25) is 4.79 Å². The second-order valence-electron chi connectivity index (χ2n) is 6.04. The Labute approximate surface area is 158 Å². The van der Waals surface area contributed by atoms with Crippen molar-refractivity contribution in [3.05, 3.63) is 59.2 Å². The largest absolute Gasteiger partial charge is 0.496 e. The van der Waals surface area contributed by atoms with Gasteiger partial charge in [0.2, 0.25) is 0 Å². The van der Waals surface area contributed by atoms with E-state index in [0.717, 1.165) is 11.1 Å². The van der Waals surface area contributed by atoms with E-state index in [1.54, 1.807) is 39.5 Å². The molecule has 0 unspecified atom stereocenters. The molecule has 0 fully saturated rings. The summed E-state index contributed by atoms with van der Waals surface area (Å²) < 4.78 is 16.1. The highest BCUT2D eigenvalue weighted by Gasteiger charge is 2.28. The minimum Gasteiger partial charge on any atom is -0.496 e. The lowest BCUT2D eigenvalue weighted by Gasteiger charge is -2.13. The van der Waals surface area contributed by atoms with Crippen molar-refractivity contribution in [3.63, 3.8) is 0 Å².